The fourth-order valence-electron chi connectivity index (χ4n) is 3.04. The van der Waals surface area contributed by atoms with Crippen molar-refractivity contribution in [1.29, 1.82) is 0 Å². The number of aromatic nitrogens is 1. The Hall–Kier alpha value is -1.87. The Kier molecular flexibility index (Phi) is 6.44. The van der Waals surface area contributed by atoms with Gasteiger partial charge in [-0.05, 0) is 50.1 Å². The first kappa shape index (κ1) is 20.9. The van der Waals surface area contributed by atoms with Crippen LogP contribution in [0.2, 0.25) is 0 Å². The zero-order valence-electron chi connectivity index (χ0n) is 15.6. The topological polar surface area (TPSA) is 91.4 Å². The van der Waals surface area contributed by atoms with Crippen LogP contribution in [0.3, 0.4) is 0 Å². The van der Waals surface area contributed by atoms with Gasteiger partial charge < -0.3 is 14.8 Å². The Labute approximate surface area is 173 Å². The van der Waals surface area contributed by atoms with E-state index < -0.39 is 16.1 Å². The molecule has 8 heteroatoms. The predicted molar refractivity (Wildman–Crippen MR) is 113 cm³/mol. The number of ether oxygens (including phenoxy) is 1. The van der Waals surface area contributed by atoms with E-state index in [9.17, 15) is 13.5 Å². The van der Waals surface area contributed by atoms with E-state index in [1.807, 2.05) is 44.3 Å². The van der Waals surface area contributed by atoms with Crippen molar-refractivity contribution in [3.05, 3.63) is 58.7 Å². The maximum Gasteiger partial charge on any atom is 0.244 e. The highest BCUT2D eigenvalue weighted by Crippen LogP contribution is 2.29. The number of H-pyrrole nitrogens is 1. The molecule has 1 atom stereocenters. The highest BCUT2D eigenvalue weighted by Gasteiger charge is 2.25. The summed E-state index contributed by atoms with van der Waals surface area (Å²) in [5.41, 5.74) is 1.90. The molecule has 0 saturated heterocycles. The van der Waals surface area contributed by atoms with Crippen LogP contribution < -0.4 is 9.46 Å². The van der Waals surface area contributed by atoms with Gasteiger partial charge in [0.05, 0.1) is 12.7 Å². The molecule has 0 fully saturated rings. The van der Waals surface area contributed by atoms with Gasteiger partial charge in [-0.15, -0.1) is 0 Å². The zero-order valence-corrected chi connectivity index (χ0v) is 18.0. The van der Waals surface area contributed by atoms with Crippen LogP contribution in [-0.4, -0.2) is 37.3 Å². The number of hydrogen-bond donors (Lipinski definition) is 3. The second kappa shape index (κ2) is 8.65. The van der Waals surface area contributed by atoms with Crippen molar-refractivity contribution in [2.75, 3.05) is 6.61 Å². The molecule has 0 unspecified atom stereocenters. The van der Waals surface area contributed by atoms with Crippen molar-refractivity contribution in [1.82, 2.24) is 9.71 Å². The number of rotatable bonds is 8. The summed E-state index contributed by atoms with van der Waals surface area (Å²) >= 11 is 3.31. The summed E-state index contributed by atoms with van der Waals surface area (Å²) in [5, 5.41) is 10.8. The molecule has 0 bridgehead atoms. The maximum atomic E-state index is 13.0. The second-order valence-corrected chi connectivity index (χ2v) is 9.42. The van der Waals surface area contributed by atoms with Gasteiger partial charge in [0.1, 0.15) is 10.6 Å². The van der Waals surface area contributed by atoms with Crippen LogP contribution in [0.1, 0.15) is 19.4 Å². The van der Waals surface area contributed by atoms with Crippen molar-refractivity contribution in [3.8, 4) is 5.75 Å². The van der Waals surface area contributed by atoms with Crippen LogP contribution >= 0.6 is 15.9 Å². The fourth-order valence-corrected chi connectivity index (χ4v) is 4.93. The van der Waals surface area contributed by atoms with Gasteiger partial charge >= 0.3 is 0 Å². The molecule has 0 saturated carbocycles. The van der Waals surface area contributed by atoms with Crippen LogP contribution in [0, 0.1) is 0 Å². The molecular formula is C20H23BrN2O4S. The Morgan fingerprint density at radius 2 is 1.96 bits per heavy atom. The van der Waals surface area contributed by atoms with Crippen molar-refractivity contribution in [3.63, 3.8) is 0 Å². The highest BCUT2D eigenvalue weighted by molar-refractivity contribution is 9.10. The molecule has 0 amide bonds. The van der Waals surface area contributed by atoms with Gasteiger partial charge in [0.2, 0.25) is 10.0 Å². The molecule has 3 N–H and O–H groups in total. The lowest BCUT2D eigenvalue weighted by Gasteiger charge is -2.19. The number of hydrogen-bond acceptors (Lipinski definition) is 4. The van der Waals surface area contributed by atoms with Crippen LogP contribution in [0.5, 0.6) is 5.75 Å². The number of aliphatic hydroxyl groups is 1. The molecule has 1 heterocycles. The predicted octanol–water partition coefficient (Wildman–Crippen LogP) is 3.60. The molecule has 1 aromatic heterocycles. The second-order valence-electron chi connectivity index (χ2n) is 6.82. The summed E-state index contributed by atoms with van der Waals surface area (Å²) in [5.74, 6) is 0.273. The summed E-state index contributed by atoms with van der Waals surface area (Å²) in [6, 6.07) is 11.9. The Bertz CT molecular complexity index is 1060. The summed E-state index contributed by atoms with van der Waals surface area (Å²) in [6.07, 6.45) is 2.03. The van der Waals surface area contributed by atoms with E-state index in [4.69, 9.17) is 4.74 Å². The minimum atomic E-state index is -3.90. The molecule has 6 nitrogen and oxygen atoms in total. The van der Waals surface area contributed by atoms with E-state index >= 15 is 0 Å². The van der Waals surface area contributed by atoms with Crippen LogP contribution in [0.25, 0.3) is 10.9 Å². The number of benzene rings is 2. The average molecular weight is 467 g/mol. The Morgan fingerprint density at radius 3 is 2.68 bits per heavy atom. The van der Waals surface area contributed by atoms with Crippen molar-refractivity contribution >= 4 is 36.9 Å². The highest BCUT2D eigenvalue weighted by atomic mass is 79.9. The van der Waals surface area contributed by atoms with Crippen molar-refractivity contribution in [2.45, 2.75) is 37.3 Å². The lowest BCUT2D eigenvalue weighted by molar-refractivity contribution is 0.235. The molecule has 0 spiro atoms. The summed E-state index contributed by atoms with van der Waals surface area (Å²) in [7, 11) is -3.90. The lowest BCUT2D eigenvalue weighted by atomic mass is 10.1. The smallest absolute Gasteiger partial charge is 0.244 e. The van der Waals surface area contributed by atoms with E-state index in [2.05, 4.69) is 25.6 Å². The first-order valence-electron chi connectivity index (χ1n) is 8.94. The van der Waals surface area contributed by atoms with Crippen LogP contribution in [0.4, 0.5) is 0 Å². The van der Waals surface area contributed by atoms with Gasteiger partial charge in [-0.2, -0.15) is 0 Å². The third-order valence-electron chi connectivity index (χ3n) is 4.24. The van der Waals surface area contributed by atoms with E-state index in [-0.39, 0.29) is 23.4 Å². The van der Waals surface area contributed by atoms with E-state index in [1.54, 1.807) is 12.1 Å². The van der Waals surface area contributed by atoms with Gasteiger partial charge in [0, 0.05) is 27.6 Å². The maximum absolute atomic E-state index is 13.0. The number of para-hydroxylation sites is 1. The summed E-state index contributed by atoms with van der Waals surface area (Å²) in [4.78, 5) is 3.20. The zero-order chi connectivity index (χ0) is 20.3. The van der Waals surface area contributed by atoms with Gasteiger partial charge in [-0.25, -0.2) is 13.1 Å². The average Bonchev–Trinajstić information content (AvgIpc) is 3.05. The number of sulfonamides is 1. The van der Waals surface area contributed by atoms with E-state index in [0.717, 1.165) is 16.5 Å². The van der Waals surface area contributed by atoms with Crippen LogP contribution in [-0.2, 0) is 16.4 Å². The SMILES string of the molecule is CC(C)Oc1ccc(Br)cc1S(=O)(=O)N[C@@H](CO)Cc1c[nH]c2ccccc12. The molecule has 3 rings (SSSR count). The van der Waals surface area contributed by atoms with Gasteiger partial charge in [0.15, 0.2) is 0 Å². The van der Waals surface area contributed by atoms with E-state index in [1.165, 1.54) is 6.07 Å². The monoisotopic (exact) mass is 466 g/mol. The molecule has 0 aliphatic heterocycles. The molecule has 3 aromatic rings. The summed E-state index contributed by atoms with van der Waals surface area (Å²) < 4.78 is 34.9. The minimum absolute atomic E-state index is 0.0351. The van der Waals surface area contributed by atoms with E-state index in [0.29, 0.717) is 10.9 Å². The number of nitrogens with one attached hydrogen (secondary N) is 2. The standard InChI is InChI=1S/C20H23BrN2O4S/c1-13(2)27-19-8-7-15(21)10-20(19)28(25,26)23-16(12-24)9-14-11-22-18-6-4-3-5-17(14)18/h3-8,10-11,13,16,22-24H,9,12H2,1-2H3/t16-/m1/s1. The molecular weight excluding hydrogens is 444 g/mol. The van der Waals surface area contributed by atoms with Crippen LogP contribution in [0.15, 0.2) is 58.0 Å². The molecule has 2 aromatic carbocycles. The van der Waals surface area contributed by atoms with Gasteiger partial charge in [0.25, 0.3) is 0 Å². The number of fused-ring (bicyclic) bond motifs is 1. The lowest BCUT2D eigenvalue weighted by Crippen LogP contribution is -2.39. The molecule has 0 aliphatic rings. The summed E-state index contributed by atoms with van der Waals surface area (Å²) in [6.45, 7) is 3.34. The number of halogens is 1. The number of aliphatic hydroxyl groups excluding tert-OH is 1. The van der Waals surface area contributed by atoms with Gasteiger partial charge in [-0.1, -0.05) is 34.1 Å². The van der Waals surface area contributed by atoms with Crippen molar-refractivity contribution < 1.29 is 18.3 Å². The molecule has 28 heavy (non-hydrogen) atoms. The Morgan fingerprint density at radius 1 is 1.21 bits per heavy atom. The first-order valence-corrected chi connectivity index (χ1v) is 11.2. The Balaban J connectivity index is 1.87. The quantitative estimate of drug-likeness (QED) is 0.472. The van der Waals surface area contributed by atoms with Gasteiger partial charge in [-0.3, -0.25) is 0 Å². The third-order valence-corrected chi connectivity index (χ3v) is 6.28. The van der Waals surface area contributed by atoms with Crippen molar-refractivity contribution in [2.24, 2.45) is 0 Å². The minimum Gasteiger partial charge on any atom is -0.490 e. The molecule has 0 radical (unpaired) electrons. The fraction of sp³-hybridized carbons (Fsp3) is 0.300. The third kappa shape index (κ3) is 4.75. The normalized spacial score (nSPS) is 13.2. The molecule has 150 valence electrons. The largest absolute Gasteiger partial charge is 0.490 e. The first-order chi connectivity index (χ1) is 13.3. The number of aromatic amines is 1. The molecule has 0 aliphatic carbocycles.